The average molecular weight is 693 g/mol. The van der Waals surface area contributed by atoms with E-state index in [9.17, 15) is 0 Å². The molecule has 0 spiro atoms. The molecule has 2 atom stereocenters. The fraction of sp³-hybridized carbons (Fsp3) is 0.0612. The maximum Gasteiger partial charge on any atom is 0.160 e. The lowest BCUT2D eigenvalue weighted by atomic mass is 9.64. The lowest BCUT2D eigenvalue weighted by Crippen LogP contribution is -2.33. The van der Waals surface area contributed by atoms with Crippen molar-refractivity contribution in [1.82, 2.24) is 0 Å². The summed E-state index contributed by atoms with van der Waals surface area (Å²) in [7, 11) is 0. The van der Waals surface area contributed by atoms with Gasteiger partial charge in [0.1, 0.15) is 33.5 Å². The number of hydrogen-bond acceptors (Lipinski definition) is 5. The topological polar surface area (TPSA) is 64.1 Å². The van der Waals surface area contributed by atoms with Gasteiger partial charge in [-0.15, -0.1) is 0 Å². The number of fused-ring (bicyclic) bond motifs is 13. The van der Waals surface area contributed by atoms with E-state index in [1.165, 1.54) is 5.56 Å². The van der Waals surface area contributed by atoms with Crippen molar-refractivity contribution in [2.24, 2.45) is 9.98 Å². The number of para-hydroxylation sites is 2. The number of furan rings is 3. The van der Waals surface area contributed by atoms with Crippen molar-refractivity contribution in [3.8, 4) is 0 Å². The zero-order valence-corrected chi connectivity index (χ0v) is 28.8. The molecule has 10 aromatic rings. The van der Waals surface area contributed by atoms with E-state index >= 15 is 0 Å². The summed E-state index contributed by atoms with van der Waals surface area (Å²) in [4.78, 5) is 11.4. The Labute approximate surface area is 308 Å². The second kappa shape index (κ2) is 10.1. The molecule has 3 aliphatic rings. The van der Waals surface area contributed by atoms with Crippen LogP contribution in [-0.4, -0.2) is 11.5 Å². The van der Waals surface area contributed by atoms with E-state index in [0.717, 1.165) is 111 Å². The highest BCUT2D eigenvalue weighted by atomic mass is 16.3. The molecule has 0 amide bonds. The van der Waals surface area contributed by atoms with Gasteiger partial charge in [-0.05, 0) is 82.8 Å². The molecule has 54 heavy (non-hydrogen) atoms. The van der Waals surface area contributed by atoms with Crippen molar-refractivity contribution < 1.29 is 13.3 Å². The molecule has 7 aromatic carbocycles. The minimum atomic E-state index is -0.888. The Balaban J connectivity index is 1.29. The summed E-state index contributed by atoms with van der Waals surface area (Å²) in [5.41, 5.74) is 12.7. The van der Waals surface area contributed by atoms with Crippen LogP contribution in [0.3, 0.4) is 0 Å². The Morgan fingerprint density at radius 1 is 0.500 bits per heavy atom. The van der Waals surface area contributed by atoms with Gasteiger partial charge in [-0.1, -0.05) is 103 Å². The summed E-state index contributed by atoms with van der Waals surface area (Å²) in [6, 6.07) is 51.4. The number of amidine groups is 1. The monoisotopic (exact) mass is 692 g/mol. The van der Waals surface area contributed by atoms with Gasteiger partial charge in [0.05, 0.1) is 16.8 Å². The van der Waals surface area contributed by atoms with Crippen LogP contribution >= 0.6 is 0 Å². The molecule has 0 fully saturated rings. The fourth-order valence-corrected chi connectivity index (χ4v) is 9.83. The number of nitrogens with zero attached hydrogens (tertiary/aromatic N) is 2. The molecule has 2 aliphatic heterocycles. The summed E-state index contributed by atoms with van der Waals surface area (Å²) >= 11 is 0. The number of hydrogen-bond donors (Lipinski definition) is 0. The van der Waals surface area contributed by atoms with Crippen LogP contribution in [0.2, 0.25) is 0 Å². The predicted molar refractivity (Wildman–Crippen MR) is 216 cm³/mol. The van der Waals surface area contributed by atoms with Gasteiger partial charge < -0.3 is 13.3 Å². The molecule has 0 saturated carbocycles. The molecule has 2 unspecified atom stereocenters. The Morgan fingerprint density at radius 3 is 2.00 bits per heavy atom. The van der Waals surface area contributed by atoms with Crippen LogP contribution < -0.4 is 0 Å². The number of aliphatic imine (C=N–C) groups is 2. The summed E-state index contributed by atoms with van der Waals surface area (Å²) in [6.07, 6.45) is 3.11. The van der Waals surface area contributed by atoms with E-state index in [4.69, 9.17) is 23.2 Å². The van der Waals surface area contributed by atoms with Crippen molar-refractivity contribution >= 4 is 77.4 Å². The molecule has 5 nitrogen and oxygen atoms in total. The van der Waals surface area contributed by atoms with Gasteiger partial charge in [-0.3, -0.25) is 0 Å². The smallest absolute Gasteiger partial charge is 0.160 e. The molecule has 252 valence electrons. The van der Waals surface area contributed by atoms with E-state index < -0.39 is 5.41 Å². The van der Waals surface area contributed by atoms with Crippen molar-refractivity contribution in [3.63, 3.8) is 0 Å². The van der Waals surface area contributed by atoms with Crippen LogP contribution in [0.15, 0.2) is 181 Å². The number of benzene rings is 7. The zero-order chi connectivity index (χ0) is 35.1. The minimum Gasteiger partial charge on any atom is -0.456 e. The van der Waals surface area contributed by atoms with Crippen molar-refractivity contribution in [2.75, 3.05) is 0 Å². The molecule has 5 heteroatoms. The summed E-state index contributed by atoms with van der Waals surface area (Å²) < 4.78 is 19.9. The predicted octanol–water partition coefficient (Wildman–Crippen LogP) is 12.4. The molecular weight excluding hydrogens is 665 g/mol. The number of rotatable bonds is 2. The quantitative estimate of drug-likeness (QED) is 0.181. The average Bonchev–Trinajstić information content (AvgIpc) is 3.87. The third-order valence-electron chi connectivity index (χ3n) is 12.1. The van der Waals surface area contributed by atoms with Crippen LogP contribution in [0.1, 0.15) is 45.7 Å². The van der Waals surface area contributed by atoms with Crippen LogP contribution in [0, 0.1) is 0 Å². The highest BCUT2D eigenvalue weighted by Crippen LogP contribution is 2.57. The SMILES string of the molecule is C1=C2N=C3N=C(c4ccccc4)C(C1)c1cc4c(cc1C2(c1ccc2oc5ccccc5c2c1)c1cccc2oc5cccc3c5c12)oc1ccccc14. The fourth-order valence-electron chi connectivity index (χ4n) is 9.83. The third-order valence-corrected chi connectivity index (χ3v) is 12.1. The molecule has 0 N–H and O–H groups in total. The van der Waals surface area contributed by atoms with Gasteiger partial charge in [-0.25, -0.2) is 9.98 Å². The Hall–Kier alpha value is -6.98. The van der Waals surface area contributed by atoms with Gasteiger partial charge in [0.2, 0.25) is 0 Å². The molecule has 3 aromatic heterocycles. The van der Waals surface area contributed by atoms with Gasteiger partial charge in [0.25, 0.3) is 0 Å². The van der Waals surface area contributed by atoms with Crippen LogP contribution in [0.5, 0.6) is 0 Å². The summed E-state index contributed by atoms with van der Waals surface area (Å²) in [5, 5.41) is 6.45. The Kier molecular flexibility index (Phi) is 5.36. The first-order chi connectivity index (χ1) is 26.7. The lowest BCUT2D eigenvalue weighted by molar-refractivity contribution is 0.660. The molecule has 1 aliphatic carbocycles. The van der Waals surface area contributed by atoms with Gasteiger partial charge in [0, 0.05) is 43.8 Å². The van der Waals surface area contributed by atoms with E-state index in [0.29, 0.717) is 5.84 Å². The van der Waals surface area contributed by atoms with E-state index in [-0.39, 0.29) is 5.92 Å². The molecule has 0 saturated heterocycles. The van der Waals surface area contributed by atoms with Crippen LogP contribution in [0.4, 0.5) is 0 Å². The van der Waals surface area contributed by atoms with Gasteiger partial charge >= 0.3 is 0 Å². The van der Waals surface area contributed by atoms with Gasteiger partial charge in [0.15, 0.2) is 5.84 Å². The van der Waals surface area contributed by atoms with Crippen LogP contribution in [0.25, 0.3) is 65.8 Å². The highest BCUT2D eigenvalue weighted by Gasteiger charge is 2.49. The maximum absolute atomic E-state index is 6.74. The second-order valence-corrected chi connectivity index (χ2v) is 14.7. The standard InChI is InChI=1S/C49H28N2O3/c1-2-10-27(11-3-1)47-31-21-23-44-49(28-20-22-40-34(24-28)29-12-4-6-16-38(29)52-40,37-26-43-35(25-33(31)37)30-13-5-7-17-39(30)53-43)36-15-9-19-42-46(36)45-32(48(50-44)51-47)14-8-18-41(45)54-42/h1-20,22-26,31H,21H2. The van der Waals surface area contributed by atoms with Crippen molar-refractivity contribution in [1.29, 1.82) is 0 Å². The molecule has 0 radical (unpaired) electrons. The maximum atomic E-state index is 6.74. The molecule has 13 rings (SSSR count). The van der Waals surface area contributed by atoms with Gasteiger partial charge in [-0.2, -0.15) is 0 Å². The Bertz CT molecular complexity index is 3370. The highest BCUT2D eigenvalue weighted by molar-refractivity contribution is 6.24. The lowest BCUT2D eigenvalue weighted by Gasteiger charge is -2.38. The zero-order valence-electron chi connectivity index (χ0n) is 28.8. The summed E-state index contributed by atoms with van der Waals surface area (Å²) in [6.45, 7) is 0. The van der Waals surface area contributed by atoms with Crippen molar-refractivity contribution in [2.45, 2.75) is 17.8 Å². The largest absolute Gasteiger partial charge is 0.456 e. The third kappa shape index (κ3) is 3.54. The minimum absolute atomic E-state index is 0.0723. The summed E-state index contributed by atoms with van der Waals surface area (Å²) in [5.74, 6) is 0.616. The second-order valence-electron chi connectivity index (χ2n) is 14.7. The first-order valence-corrected chi connectivity index (χ1v) is 18.5. The first-order valence-electron chi connectivity index (χ1n) is 18.5. The Morgan fingerprint density at radius 2 is 1.17 bits per heavy atom. The van der Waals surface area contributed by atoms with E-state index in [1.54, 1.807) is 0 Å². The molecular formula is C49H28N2O3. The van der Waals surface area contributed by atoms with Crippen LogP contribution in [-0.2, 0) is 5.41 Å². The van der Waals surface area contributed by atoms with E-state index in [1.807, 2.05) is 18.2 Å². The van der Waals surface area contributed by atoms with Crippen molar-refractivity contribution in [3.05, 3.63) is 191 Å². The first kappa shape index (κ1) is 28.6. The molecule has 3 bridgehead atoms. The normalized spacial score (nSPS) is 18.9. The van der Waals surface area contributed by atoms with E-state index in [2.05, 4.69) is 133 Å². The number of allylic oxidation sites excluding steroid dienone is 2. The molecule has 5 heterocycles.